The van der Waals surface area contributed by atoms with E-state index < -0.39 is 0 Å². The summed E-state index contributed by atoms with van der Waals surface area (Å²) in [4.78, 5) is 0. The van der Waals surface area contributed by atoms with E-state index in [1.807, 2.05) is 12.1 Å². The van der Waals surface area contributed by atoms with Crippen molar-refractivity contribution in [2.75, 3.05) is 0 Å². The Morgan fingerprint density at radius 3 is 2.43 bits per heavy atom. The summed E-state index contributed by atoms with van der Waals surface area (Å²) in [6, 6.07) is 19.1. The van der Waals surface area contributed by atoms with Gasteiger partial charge in [-0.3, -0.25) is 0 Å². The molecule has 0 spiro atoms. The first-order valence-corrected chi connectivity index (χ1v) is 8.60. The lowest BCUT2D eigenvalue weighted by molar-refractivity contribution is 0.469. The fourth-order valence-corrected chi connectivity index (χ4v) is 4.22. The first-order chi connectivity index (χ1) is 11.2. The maximum atomic E-state index is 6.51. The lowest BCUT2D eigenvalue weighted by Gasteiger charge is -2.34. The van der Waals surface area contributed by atoms with E-state index in [1.54, 1.807) is 0 Å². The third-order valence-corrected chi connectivity index (χ3v) is 5.46. The van der Waals surface area contributed by atoms with Crippen LogP contribution in [-0.4, -0.2) is 6.04 Å². The molecular weight excluding hydrogens is 325 g/mol. The van der Waals surface area contributed by atoms with Crippen molar-refractivity contribution >= 4 is 34.0 Å². The second-order valence-electron chi connectivity index (χ2n) is 6.14. The molecule has 1 N–H and O–H groups in total. The van der Waals surface area contributed by atoms with Crippen molar-refractivity contribution in [1.29, 1.82) is 0 Å². The predicted molar refractivity (Wildman–Crippen MR) is 98.6 cm³/mol. The molecule has 1 aliphatic heterocycles. The zero-order valence-corrected chi connectivity index (χ0v) is 14.3. The van der Waals surface area contributed by atoms with Gasteiger partial charge >= 0.3 is 0 Å². The maximum Gasteiger partial charge on any atom is 0.0488 e. The van der Waals surface area contributed by atoms with E-state index in [4.69, 9.17) is 23.2 Å². The number of fused-ring (bicyclic) bond motifs is 3. The minimum atomic E-state index is 0.319. The van der Waals surface area contributed by atoms with Gasteiger partial charge < -0.3 is 5.32 Å². The van der Waals surface area contributed by atoms with E-state index in [1.165, 1.54) is 16.7 Å². The number of rotatable bonds is 1. The molecule has 2 unspecified atom stereocenters. The predicted octanol–water partition coefficient (Wildman–Crippen LogP) is 5.77. The highest BCUT2D eigenvalue weighted by molar-refractivity contribution is 6.40. The molecule has 3 aromatic carbocycles. The van der Waals surface area contributed by atoms with Crippen LogP contribution in [0.3, 0.4) is 0 Å². The van der Waals surface area contributed by atoms with E-state index in [-0.39, 0.29) is 0 Å². The van der Waals surface area contributed by atoms with Gasteiger partial charge in [-0.15, -0.1) is 0 Å². The highest BCUT2D eigenvalue weighted by atomic mass is 35.5. The topological polar surface area (TPSA) is 12.0 Å². The van der Waals surface area contributed by atoms with Crippen molar-refractivity contribution in [3.63, 3.8) is 0 Å². The van der Waals surface area contributed by atoms with E-state index in [9.17, 15) is 0 Å². The van der Waals surface area contributed by atoms with Crippen molar-refractivity contribution in [2.24, 2.45) is 0 Å². The van der Waals surface area contributed by atoms with E-state index in [2.05, 4.69) is 54.7 Å². The van der Waals surface area contributed by atoms with Gasteiger partial charge in [-0.1, -0.05) is 65.7 Å². The third kappa shape index (κ3) is 2.44. The number of benzene rings is 3. The van der Waals surface area contributed by atoms with Gasteiger partial charge in [0.2, 0.25) is 0 Å². The van der Waals surface area contributed by atoms with Crippen LogP contribution in [0.1, 0.15) is 29.5 Å². The molecule has 1 nitrogen and oxygen atoms in total. The Bertz CT molecular complexity index is 874. The zero-order valence-electron chi connectivity index (χ0n) is 12.8. The number of halogens is 2. The summed E-state index contributed by atoms with van der Waals surface area (Å²) < 4.78 is 0. The Balaban J connectivity index is 1.99. The summed E-state index contributed by atoms with van der Waals surface area (Å²) in [5, 5.41) is 7.25. The van der Waals surface area contributed by atoms with Crippen LogP contribution in [-0.2, 0) is 6.54 Å². The van der Waals surface area contributed by atoms with E-state index >= 15 is 0 Å². The Morgan fingerprint density at radius 1 is 0.913 bits per heavy atom. The van der Waals surface area contributed by atoms with Gasteiger partial charge in [0.25, 0.3) is 0 Å². The van der Waals surface area contributed by atoms with Gasteiger partial charge in [0, 0.05) is 39.3 Å². The van der Waals surface area contributed by atoms with Crippen molar-refractivity contribution in [3.8, 4) is 0 Å². The van der Waals surface area contributed by atoms with Gasteiger partial charge in [0.05, 0.1) is 0 Å². The molecule has 0 amide bonds. The summed E-state index contributed by atoms with van der Waals surface area (Å²) in [6.07, 6.45) is 0. The molecular formula is C20H17Cl2N. The number of hydrogen-bond acceptors (Lipinski definition) is 1. The van der Waals surface area contributed by atoms with Crippen LogP contribution < -0.4 is 5.32 Å². The third-order valence-electron chi connectivity index (χ3n) is 4.82. The SMILES string of the molecule is CC1NCc2c(ccc3c(Cl)ccc(Cl)c23)C1c1ccccc1. The van der Waals surface area contributed by atoms with Crippen LogP contribution in [0.15, 0.2) is 54.6 Å². The largest absolute Gasteiger partial charge is 0.309 e. The Labute approximate surface area is 146 Å². The molecule has 4 rings (SSSR count). The highest BCUT2D eigenvalue weighted by Crippen LogP contribution is 2.41. The minimum Gasteiger partial charge on any atom is -0.309 e. The van der Waals surface area contributed by atoms with Crippen molar-refractivity contribution in [2.45, 2.75) is 25.4 Å². The molecule has 3 heteroatoms. The van der Waals surface area contributed by atoms with Gasteiger partial charge in [-0.2, -0.15) is 0 Å². The van der Waals surface area contributed by atoms with Gasteiger partial charge in [0.1, 0.15) is 0 Å². The summed E-state index contributed by atoms with van der Waals surface area (Å²) in [5.41, 5.74) is 3.94. The zero-order chi connectivity index (χ0) is 16.0. The molecule has 0 radical (unpaired) electrons. The standard InChI is InChI=1S/C20H17Cl2N/c1-12-19(13-5-3-2-4-6-13)14-7-8-15-17(21)9-10-18(22)20(15)16(14)11-23-12/h2-10,12,19,23H,11H2,1H3. The Kier molecular flexibility index (Phi) is 3.81. The van der Waals surface area contributed by atoms with Crippen LogP contribution >= 0.6 is 23.2 Å². The summed E-state index contributed by atoms with van der Waals surface area (Å²) in [6.45, 7) is 3.06. The van der Waals surface area contributed by atoms with Crippen LogP contribution in [0.4, 0.5) is 0 Å². The molecule has 1 heterocycles. The summed E-state index contributed by atoms with van der Waals surface area (Å²) >= 11 is 12.9. The van der Waals surface area contributed by atoms with Gasteiger partial charge in [-0.25, -0.2) is 0 Å². The fourth-order valence-electron chi connectivity index (χ4n) is 3.72. The lowest BCUT2D eigenvalue weighted by Crippen LogP contribution is -2.37. The quantitative estimate of drug-likeness (QED) is 0.592. The van der Waals surface area contributed by atoms with Crippen LogP contribution in [0.5, 0.6) is 0 Å². The lowest BCUT2D eigenvalue weighted by atomic mass is 9.79. The van der Waals surface area contributed by atoms with Gasteiger partial charge in [0.15, 0.2) is 0 Å². The van der Waals surface area contributed by atoms with Gasteiger partial charge in [-0.05, 0) is 35.7 Å². The van der Waals surface area contributed by atoms with Crippen LogP contribution in [0.25, 0.3) is 10.8 Å². The van der Waals surface area contributed by atoms with E-state index in [0.717, 1.165) is 27.4 Å². The molecule has 116 valence electrons. The average molecular weight is 342 g/mol. The first-order valence-electron chi connectivity index (χ1n) is 7.84. The monoisotopic (exact) mass is 341 g/mol. The molecule has 0 saturated carbocycles. The molecule has 0 bridgehead atoms. The van der Waals surface area contributed by atoms with Crippen molar-refractivity contribution < 1.29 is 0 Å². The smallest absolute Gasteiger partial charge is 0.0488 e. The molecule has 0 aliphatic carbocycles. The summed E-state index contributed by atoms with van der Waals surface area (Å²) in [7, 11) is 0. The average Bonchev–Trinajstić information content (AvgIpc) is 2.58. The molecule has 3 aromatic rings. The second kappa shape index (κ2) is 5.83. The highest BCUT2D eigenvalue weighted by Gasteiger charge is 2.29. The molecule has 0 aromatic heterocycles. The van der Waals surface area contributed by atoms with Crippen molar-refractivity contribution in [1.82, 2.24) is 5.32 Å². The maximum absolute atomic E-state index is 6.51. The normalized spacial score (nSPS) is 20.5. The number of nitrogens with one attached hydrogen (secondary N) is 1. The van der Waals surface area contributed by atoms with E-state index in [0.29, 0.717) is 12.0 Å². The minimum absolute atomic E-state index is 0.319. The Hall–Kier alpha value is -1.54. The number of hydrogen-bond donors (Lipinski definition) is 1. The van der Waals surface area contributed by atoms with Crippen molar-refractivity contribution in [3.05, 3.63) is 81.3 Å². The summed E-state index contributed by atoms with van der Waals surface area (Å²) in [5.74, 6) is 0.319. The first kappa shape index (κ1) is 15.0. The molecule has 1 aliphatic rings. The van der Waals surface area contributed by atoms with Crippen LogP contribution in [0.2, 0.25) is 10.0 Å². The molecule has 0 saturated heterocycles. The Morgan fingerprint density at radius 2 is 1.65 bits per heavy atom. The molecule has 0 fully saturated rings. The fraction of sp³-hybridized carbons (Fsp3) is 0.200. The molecule has 23 heavy (non-hydrogen) atoms. The van der Waals surface area contributed by atoms with Crippen LogP contribution in [0, 0.1) is 0 Å². The second-order valence-corrected chi connectivity index (χ2v) is 6.96. The molecule has 2 atom stereocenters.